The van der Waals surface area contributed by atoms with E-state index in [9.17, 15) is 0 Å². The van der Waals surface area contributed by atoms with Gasteiger partial charge in [0.15, 0.2) is 0 Å². The molecule has 4 heterocycles. The minimum Gasteiger partial charge on any atom is -0.309 e. The van der Waals surface area contributed by atoms with Gasteiger partial charge >= 0.3 is 0 Å². The Bertz CT molecular complexity index is 8010. The van der Waals surface area contributed by atoms with Crippen molar-refractivity contribution in [3.05, 3.63) is 423 Å². The number of para-hydroxylation sites is 4. The average molecular weight is 1430 g/mol. The first-order valence-corrected chi connectivity index (χ1v) is 39.3. The lowest BCUT2D eigenvalue weighted by Gasteiger charge is -2.30. The molecule has 4 heteroatoms. The summed E-state index contributed by atoms with van der Waals surface area (Å²) in [5, 5.41) is 17.2. The third-order valence-corrected chi connectivity index (χ3v) is 25.3. The molecule has 0 amide bonds. The van der Waals surface area contributed by atoms with E-state index in [-0.39, 0.29) is 0 Å². The number of fused-ring (bicyclic) bond motifs is 28. The van der Waals surface area contributed by atoms with Crippen molar-refractivity contribution in [1.29, 1.82) is 0 Å². The van der Waals surface area contributed by atoms with Crippen LogP contribution in [0.3, 0.4) is 0 Å². The van der Waals surface area contributed by atoms with Crippen LogP contribution in [-0.2, 0) is 5.41 Å². The normalized spacial score (nSPS) is 12.8. The number of nitrogens with zero attached hydrogens (tertiary/aromatic N) is 4. The van der Waals surface area contributed by atoms with Crippen molar-refractivity contribution in [3.8, 4) is 89.5 Å². The third-order valence-electron chi connectivity index (χ3n) is 25.3. The predicted molar refractivity (Wildman–Crippen MR) is 474 cm³/mol. The number of hydrogen-bond acceptors (Lipinski definition) is 0. The topological polar surface area (TPSA) is 19.7 Å². The fourth-order valence-electron chi connectivity index (χ4n) is 20.5. The minimum absolute atomic E-state index is 0.517. The zero-order chi connectivity index (χ0) is 73.7. The number of hydrogen-bond donors (Lipinski definition) is 0. The molecule has 522 valence electrons. The van der Waals surface area contributed by atoms with E-state index in [0.29, 0.717) is 0 Å². The van der Waals surface area contributed by atoms with Crippen molar-refractivity contribution < 1.29 is 0 Å². The molecule has 0 saturated heterocycles. The Hall–Kier alpha value is -14.8. The highest BCUT2D eigenvalue weighted by Gasteiger charge is 2.52. The molecule has 4 aromatic heterocycles. The van der Waals surface area contributed by atoms with Crippen LogP contribution in [0.25, 0.3) is 209 Å². The second-order valence-electron chi connectivity index (χ2n) is 31.0. The van der Waals surface area contributed by atoms with Crippen molar-refractivity contribution >= 4 is 120 Å². The summed E-state index contributed by atoms with van der Waals surface area (Å²) in [4.78, 5) is 0. The smallest absolute Gasteiger partial charge is 0.0726 e. The van der Waals surface area contributed by atoms with Crippen molar-refractivity contribution in [1.82, 2.24) is 18.3 Å². The van der Waals surface area contributed by atoms with Gasteiger partial charge in [0, 0.05) is 65.8 Å². The van der Waals surface area contributed by atoms with E-state index in [1.165, 1.54) is 192 Å². The largest absolute Gasteiger partial charge is 0.309 e. The lowest BCUT2D eigenvalue weighted by molar-refractivity contribution is 0.794. The fourth-order valence-corrected chi connectivity index (χ4v) is 20.5. The zero-order valence-corrected chi connectivity index (χ0v) is 61.4. The average Bonchev–Trinajstić information content (AvgIpc) is 1.50. The van der Waals surface area contributed by atoms with Gasteiger partial charge in [0.1, 0.15) is 0 Å². The Labute approximate surface area is 651 Å². The summed E-state index contributed by atoms with van der Waals surface area (Å²) in [7, 11) is 0. The van der Waals surface area contributed by atoms with E-state index < -0.39 is 5.41 Å². The predicted octanol–water partition coefficient (Wildman–Crippen LogP) is 28.5. The van der Waals surface area contributed by atoms with Gasteiger partial charge in [0.25, 0.3) is 0 Å². The lowest BCUT2D eigenvalue weighted by Crippen LogP contribution is -2.25. The highest BCUT2D eigenvalue weighted by Crippen LogP contribution is 2.64. The van der Waals surface area contributed by atoms with Crippen LogP contribution in [0.2, 0.25) is 0 Å². The van der Waals surface area contributed by atoms with E-state index in [1.807, 2.05) is 0 Å². The van der Waals surface area contributed by atoms with Gasteiger partial charge in [0.05, 0.1) is 49.5 Å². The van der Waals surface area contributed by atoms with Crippen LogP contribution >= 0.6 is 0 Å². The molecular weight excluding hydrogens is 1370 g/mol. The van der Waals surface area contributed by atoms with Crippen molar-refractivity contribution in [2.24, 2.45) is 0 Å². The summed E-state index contributed by atoms with van der Waals surface area (Å²) in [5.74, 6) is 0. The van der Waals surface area contributed by atoms with E-state index in [1.54, 1.807) is 0 Å². The van der Waals surface area contributed by atoms with Crippen LogP contribution in [0.5, 0.6) is 0 Å². The molecule has 0 bridgehead atoms. The minimum atomic E-state index is -0.517. The Morgan fingerprint density at radius 1 is 0.133 bits per heavy atom. The Morgan fingerprint density at radius 2 is 0.434 bits per heavy atom. The van der Waals surface area contributed by atoms with Gasteiger partial charge < -0.3 is 18.3 Å². The molecule has 0 saturated carbocycles. The number of aromatic nitrogens is 4. The lowest BCUT2D eigenvalue weighted by atomic mass is 9.70. The molecule has 113 heavy (non-hydrogen) atoms. The number of rotatable bonds is 8. The molecule has 0 radical (unpaired) electrons. The van der Waals surface area contributed by atoms with Gasteiger partial charge in [-0.3, -0.25) is 0 Å². The van der Waals surface area contributed by atoms with Gasteiger partial charge in [-0.1, -0.05) is 267 Å². The molecule has 2 aliphatic carbocycles. The summed E-state index contributed by atoms with van der Waals surface area (Å²) >= 11 is 0. The van der Waals surface area contributed by atoms with Crippen LogP contribution in [0.4, 0.5) is 0 Å². The highest BCUT2D eigenvalue weighted by atomic mass is 15.0. The summed E-state index contributed by atoms with van der Waals surface area (Å²) in [5.41, 5.74) is 33.4. The van der Waals surface area contributed by atoms with Gasteiger partial charge in [-0.15, -0.1) is 0 Å². The molecule has 0 N–H and O–H groups in total. The van der Waals surface area contributed by atoms with Crippen LogP contribution < -0.4 is 0 Å². The number of benzene rings is 19. The molecule has 0 fully saturated rings. The molecule has 4 nitrogen and oxygen atoms in total. The molecule has 2 aliphatic rings. The van der Waals surface area contributed by atoms with E-state index >= 15 is 0 Å². The second kappa shape index (κ2) is 23.6. The van der Waals surface area contributed by atoms with Crippen LogP contribution in [-0.4, -0.2) is 18.3 Å². The van der Waals surface area contributed by atoms with Gasteiger partial charge in [-0.2, -0.15) is 0 Å². The maximum atomic E-state index is 2.58. The Morgan fingerprint density at radius 3 is 0.947 bits per heavy atom. The summed E-state index contributed by atoms with van der Waals surface area (Å²) in [6.07, 6.45) is 0. The summed E-state index contributed by atoms with van der Waals surface area (Å²) in [6, 6.07) is 151. The fraction of sp³-hybridized carbons (Fsp3) is 0.00917. The van der Waals surface area contributed by atoms with E-state index in [0.717, 1.165) is 39.4 Å². The van der Waals surface area contributed by atoms with Gasteiger partial charge in [-0.05, 0) is 255 Å². The molecule has 23 aromatic rings. The molecule has 0 unspecified atom stereocenters. The standard InChI is InChI=1S/C109H66N4/c1-3-23-67(24-4-1)68-25-21-29-76(57-68)111-102-43-19-13-37-87(102)93-62-73(47-54-105(93)111)74-49-56-107-95(63-74)96-65-91-85-35-11-17-41-99(85)109(97-39-15-9-33-83(97)84-34-10-16-40-98(84)109)100(91)66-108(96)113(107)77-30-22-26-69(58-77)70-45-51-81-79-31-7-8-32-80(79)90-64-78(50-52-82(90)89(81)59-70)112-103-44-20-14-38-88(103)94-61-72(48-55-106(94)112)71-46-53-104-92(60-71)86-36-12-18-42-101(86)110(104)75-27-5-2-6-28-75/h1-66H. The third kappa shape index (κ3) is 8.80. The maximum absolute atomic E-state index is 2.58. The van der Waals surface area contributed by atoms with Crippen molar-refractivity contribution in [3.63, 3.8) is 0 Å². The van der Waals surface area contributed by atoms with Crippen LogP contribution in [0.15, 0.2) is 400 Å². The molecule has 25 rings (SSSR count). The highest BCUT2D eigenvalue weighted by molar-refractivity contribution is 6.27. The molecule has 1 spiro atoms. The Balaban J connectivity index is 0.643. The molecular formula is C109H66N4. The van der Waals surface area contributed by atoms with E-state index in [2.05, 4.69) is 419 Å². The molecule has 0 atom stereocenters. The van der Waals surface area contributed by atoms with E-state index in [4.69, 9.17) is 0 Å². The molecule has 19 aromatic carbocycles. The summed E-state index contributed by atoms with van der Waals surface area (Å²) in [6.45, 7) is 0. The van der Waals surface area contributed by atoms with Crippen LogP contribution in [0, 0.1) is 0 Å². The van der Waals surface area contributed by atoms with Crippen molar-refractivity contribution in [2.75, 3.05) is 0 Å². The summed E-state index contributed by atoms with van der Waals surface area (Å²) < 4.78 is 9.87. The SMILES string of the molecule is c1ccc(-c2cccc(-n3c4ccccc4c4cc(-c5ccc6c(c5)c5cc7c(cc5n6-c5cccc(-c6ccc8c9ccccc9c9cc(-n%10c%11ccccc%11c%11cc(-c%12ccc%13c(c%12)c%12ccccc%12n%13-c%12ccccc%12)ccc%11%10)ccc9c8c6)c5)C5(c6ccccc6-c6ccccc65)c5ccccc5-7)ccc43)c2)cc1. The quantitative estimate of drug-likeness (QED) is 0.135. The first kappa shape index (κ1) is 62.1. The first-order chi connectivity index (χ1) is 56.0. The monoisotopic (exact) mass is 1430 g/mol. The first-order valence-electron chi connectivity index (χ1n) is 39.3. The van der Waals surface area contributed by atoms with Crippen LogP contribution in [0.1, 0.15) is 22.3 Å². The second-order valence-corrected chi connectivity index (χ2v) is 31.0. The Kier molecular flexibility index (Phi) is 13.0. The van der Waals surface area contributed by atoms with Gasteiger partial charge in [0.2, 0.25) is 0 Å². The zero-order valence-electron chi connectivity index (χ0n) is 61.4. The molecule has 0 aliphatic heterocycles. The van der Waals surface area contributed by atoms with Crippen molar-refractivity contribution in [2.45, 2.75) is 5.41 Å². The maximum Gasteiger partial charge on any atom is 0.0726 e. The van der Waals surface area contributed by atoms with Gasteiger partial charge in [-0.25, -0.2) is 0 Å².